The van der Waals surface area contributed by atoms with Crippen LogP contribution in [0.1, 0.15) is 40.5 Å². The molecule has 1 atom stereocenters. The maximum atomic E-state index is 14.1. The maximum Gasteiger partial charge on any atom is 0.253 e. The molecule has 0 aliphatic carbocycles. The number of carbonyl (C=O) groups excluding carboxylic acids is 2. The summed E-state index contributed by atoms with van der Waals surface area (Å²) in [5.74, 6) is 2.09. The van der Waals surface area contributed by atoms with Crippen molar-refractivity contribution in [2.45, 2.75) is 37.5 Å². The van der Waals surface area contributed by atoms with Crippen molar-refractivity contribution in [2.75, 3.05) is 27.1 Å². The molecule has 0 saturated carbocycles. The second-order valence-electron chi connectivity index (χ2n) is 11.6. The quantitative estimate of drug-likeness (QED) is 0.151. The van der Waals surface area contributed by atoms with E-state index in [0.29, 0.717) is 28.9 Å². The van der Waals surface area contributed by atoms with E-state index in [1.54, 1.807) is 21.3 Å². The highest BCUT2D eigenvalue weighted by atomic mass is 32.2. The first kappa shape index (κ1) is 34.3. The smallest absolute Gasteiger partial charge is 0.253 e. The molecule has 0 saturated heterocycles. The summed E-state index contributed by atoms with van der Waals surface area (Å²) >= 11 is 1.26. The Morgan fingerprint density at radius 2 is 1.66 bits per heavy atom. The molecule has 0 bridgehead atoms. The molecule has 0 radical (unpaired) electrons. The van der Waals surface area contributed by atoms with E-state index in [0.717, 1.165) is 39.4 Å². The van der Waals surface area contributed by atoms with Crippen LogP contribution in [-0.2, 0) is 22.6 Å². The topological polar surface area (TPSA) is 120 Å². The fourth-order valence-electron chi connectivity index (χ4n) is 5.86. The first-order valence-electron chi connectivity index (χ1n) is 16.1. The molecule has 4 aromatic carbocycles. The summed E-state index contributed by atoms with van der Waals surface area (Å²) in [6.07, 6.45) is 0.724. The highest BCUT2D eigenvalue weighted by Gasteiger charge is 2.36. The van der Waals surface area contributed by atoms with Gasteiger partial charge in [-0.2, -0.15) is 5.10 Å². The summed E-state index contributed by atoms with van der Waals surface area (Å²) in [5, 5.41) is 18.8. The van der Waals surface area contributed by atoms with Crippen LogP contribution < -0.4 is 19.5 Å². The van der Waals surface area contributed by atoms with E-state index >= 15 is 0 Å². The molecule has 1 aliphatic rings. The Balaban J connectivity index is 1.26. The van der Waals surface area contributed by atoms with Gasteiger partial charge in [0.2, 0.25) is 5.91 Å². The van der Waals surface area contributed by atoms with Crippen molar-refractivity contribution in [3.8, 4) is 22.9 Å². The Morgan fingerprint density at radius 1 is 0.880 bits per heavy atom. The van der Waals surface area contributed by atoms with Crippen molar-refractivity contribution in [3.05, 3.63) is 125 Å². The van der Waals surface area contributed by atoms with Gasteiger partial charge in [-0.15, -0.1) is 10.2 Å². The largest absolute Gasteiger partial charge is 0.497 e. The first-order chi connectivity index (χ1) is 24.4. The van der Waals surface area contributed by atoms with Gasteiger partial charge in [0.15, 0.2) is 22.5 Å². The molecule has 1 N–H and O–H groups in total. The predicted molar refractivity (Wildman–Crippen MR) is 192 cm³/mol. The van der Waals surface area contributed by atoms with E-state index in [4.69, 9.17) is 19.3 Å². The number of aryl methyl sites for hydroxylation is 1. The third-order valence-electron chi connectivity index (χ3n) is 8.32. The van der Waals surface area contributed by atoms with Crippen molar-refractivity contribution < 1.29 is 23.8 Å². The number of thioether (sulfide) groups is 1. The molecule has 1 aliphatic heterocycles. The molecule has 0 unspecified atom stereocenters. The average Bonchev–Trinajstić information content (AvgIpc) is 3.78. The lowest BCUT2D eigenvalue weighted by Crippen LogP contribution is -2.29. The highest BCUT2D eigenvalue weighted by Crippen LogP contribution is 2.42. The third-order valence-corrected chi connectivity index (χ3v) is 9.23. The van der Waals surface area contributed by atoms with E-state index in [1.165, 1.54) is 16.8 Å². The molecule has 2 amide bonds. The lowest BCUT2D eigenvalue weighted by Gasteiger charge is -2.24. The average molecular weight is 691 g/mol. The standard InChI is InChI=1S/C38H38N6O5S/c1-25-10-8-13-28(20-25)43-34(23-39-35(45)21-26-11-6-5-7-12-26)40-41-38(43)50-24-36(46)44-32(30-14-9-15-33(48-3)37(30)49-4)22-31(42-44)27-16-18-29(47-2)19-17-27/h5-20,32H,21-24H2,1-4H3,(H,39,45)/t32-/m1/s1. The van der Waals surface area contributed by atoms with Gasteiger partial charge in [-0.1, -0.05) is 66.4 Å². The molecule has 0 spiro atoms. The Bertz CT molecular complexity index is 2000. The number of carbonyl (C=O) groups is 2. The fraction of sp³-hybridized carbons (Fsp3) is 0.237. The van der Waals surface area contributed by atoms with Crippen molar-refractivity contribution in [2.24, 2.45) is 5.10 Å². The molecule has 2 heterocycles. The molecular weight excluding hydrogens is 653 g/mol. The van der Waals surface area contributed by atoms with Crippen molar-refractivity contribution in [3.63, 3.8) is 0 Å². The number of aromatic nitrogens is 3. The molecule has 12 heteroatoms. The number of rotatable bonds is 13. The van der Waals surface area contributed by atoms with Crippen LogP contribution in [0.15, 0.2) is 107 Å². The second-order valence-corrected chi connectivity index (χ2v) is 12.6. The molecule has 6 rings (SSSR count). The first-order valence-corrected chi connectivity index (χ1v) is 17.1. The van der Waals surface area contributed by atoms with Gasteiger partial charge < -0.3 is 19.5 Å². The van der Waals surface area contributed by atoms with Crippen LogP contribution in [0.3, 0.4) is 0 Å². The summed E-state index contributed by atoms with van der Waals surface area (Å²) in [6.45, 7) is 2.17. The minimum atomic E-state index is -0.435. The van der Waals surface area contributed by atoms with Crippen molar-refractivity contribution in [1.82, 2.24) is 25.1 Å². The Labute approximate surface area is 295 Å². The summed E-state index contributed by atoms with van der Waals surface area (Å²) < 4.78 is 18.6. The Morgan fingerprint density at radius 3 is 2.38 bits per heavy atom. The number of methoxy groups -OCH3 is 3. The maximum absolute atomic E-state index is 14.1. The van der Waals surface area contributed by atoms with E-state index in [-0.39, 0.29) is 30.5 Å². The summed E-state index contributed by atoms with van der Waals surface area (Å²) in [7, 11) is 4.79. The van der Waals surface area contributed by atoms with Crippen LogP contribution in [0.2, 0.25) is 0 Å². The monoisotopic (exact) mass is 690 g/mol. The van der Waals surface area contributed by atoms with Gasteiger partial charge in [0.25, 0.3) is 5.91 Å². The molecule has 11 nitrogen and oxygen atoms in total. The van der Waals surface area contributed by atoms with Gasteiger partial charge in [0.05, 0.1) is 51.8 Å². The second kappa shape index (κ2) is 15.7. The number of benzene rings is 4. The molecule has 5 aromatic rings. The van der Waals surface area contributed by atoms with Gasteiger partial charge >= 0.3 is 0 Å². The molecule has 0 fully saturated rings. The van der Waals surface area contributed by atoms with E-state index in [2.05, 4.69) is 15.5 Å². The van der Waals surface area contributed by atoms with Crippen LogP contribution in [-0.4, -0.2) is 64.4 Å². The lowest BCUT2D eigenvalue weighted by atomic mass is 9.97. The highest BCUT2D eigenvalue weighted by molar-refractivity contribution is 7.99. The summed E-state index contributed by atoms with van der Waals surface area (Å²) in [5.41, 5.74) is 5.24. The number of hydrogen-bond acceptors (Lipinski definition) is 9. The van der Waals surface area contributed by atoms with Crippen molar-refractivity contribution in [1.29, 1.82) is 0 Å². The van der Waals surface area contributed by atoms with E-state index in [9.17, 15) is 9.59 Å². The number of nitrogens with zero attached hydrogens (tertiary/aromatic N) is 5. The lowest BCUT2D eigenvalue weighted by molar-refractivity contribution is -0.130. The number of hydrogen-bond donors (Lipinski definition) is 1. The van der Waals surface area contributed by atoms with Crippen LogP contribution in [0, 0.1) is 6.92 Å². The van der Waals surface area contributed by atoms with Gasteiger partial charge in [-0.3, -0.25) is 14.2 Å². The Hall–Kier alpha value is -5.62. The van der Waals surface area contributed by atoms with Gasteiger partial charge in [0.1, 0.15) is 5.75 Å². The zero-order chi connectivity index (χ0) is 35.0. The molecular formula is C38H38N6O5S. The Kier molecular flexibility index (Phi) is 10.8. The van der Waals surface area contributed by atoms with Crippen LogP contribution in [0.25, 0.3) is 5.69 Å². The van der Waals surface area contributed by atoms with Crippen LogP contribution in [0.5, 0.6) is 17.2 Å². The zero-order valence-electron chi connectivity index (χ0n) is 28.3. The molecule has 50 heavy (non-hydrogen) atoms. The predicted octanol–water partition coefficient (Wildman–Crippen LogP) is 5.93. The molecule has 256 valence electrons. The normalized spacial score (nSPS) is 13.9. The zero-order valence-corrected chi connectivity index (χ0v) is 29.1. The van der Waals surface area contributed by atoms with Crippen LogP contribution >= 0.6 is 11.8 Å². The number of para-hydroxylation sites is 1. The summed E-state index contributed by atoms with van der Waals surface area (Å²) in [6, 6.07) is 30.3. The summed E-state index contributed by atoms with van der Waals surface area (Å²) in [4.78, 5) is 26.9. The number of amides is 2. The van der Waals surface area contributed by atoms with Gasteiger partial charge in [-0.25, -0.2) is 5.01 Å². The number of ether oxygens (including phenoxy) is 3. The van der Waals surface area contributed by atoms with Crippen molar-refractivity contribution >= 4 is 29.3 Å². The molecule has 1 aromatic heterocycles. The fourth-order valence-corrected chi connectivity index (χ4v) is 6.69. The van der Waals surface area contributed by atoms with Gasteiger partial charge in [0, 0.05) is 17.7 Å². The number of hydrazone groups is 1. The minimum absolute atomic E-state index is 0.0342. The SMILES string of the molecule is COc1ccc(C2=NN(C(=O)CSc3nnc(CNC(=O)Cc4ccccc4)n3-c3cccc(C)c3)[C@@H](c3cccc(OC)c3OC)C2)cc1. The van der Waals surface area contributed by atoms with E-state index in [1.807, 2.05) is 109 Å². The van der Waals surface area contributed by atoms with Gasteiger partial charge in [-0.05, 0) is 66.1 Å². The van der Waals surface area contributed by atoms with Crippen LogP contribution in [0.4, 0.5) is 0 Å². The third kappa shape index (κ3) is 7.65. The van der Waals surface area contributed by atoms with E-state index < -0.39 is 6.04 Å². The minimum Gasteiger partial charge on any atom is -0.497 e. The number of nitrogens with one attached hydrogen (secondary N) is 1.